The van der Waals surface area contributed by atoms with Gasteiger partial charge < -0.3 is 16.0 Å². The molecule has 1 aromatic carbocycles. The highest BCUT2D eigenvalue weighted by Gasteiger charge is 2.26. The summed E-state index contributed by atoms with van der Waals surface area (Å²) in [5.41, 5.74) is 0.957. The Kier molecular flexibility index (Phi) is 7.41. The van der Waals surface area contributed by atoms with Crippen molar-refractivity contribution in [1.29, 1.82) is 0 Å². The van der Waals surface area contributed by atoms with Crippen molar-refractivity contribution >= 4 is 29.1 Å². The van der Waals surface area contributed by atoms with E-state index in [9.17, 15) is 14.4 Å². The van der Waals surface area contributed by atoms with E-state index in [0.717, 1.165) is 36.1 Å². The second-order valence-electron chi connectivity index (χ2n) is 7.45. The van der Waals surface area contributed by atoms with Crippen LogP contribution in [-0.2, 0) is 14.4 Å². The number of thiophene rings is 1. The lowest BCUT2D eigenvalue weighted by molar-refractivity contribution is -0.140. The predicted octanol–water partition coefficient (Wildman–Crippen LogP) is 2.76. The molecule has 154 valence electrons. The van der Waals surface area contributed by atoms with Crippen LogP contribution in [-0.4, -0.2) is 30.3 Å². The van der Waals surface area contributed by atoms with Crippen LogP contribution in [0.4, 0.5) is 0 Å². The van der Waals surface area contributed by atoms with Gasteiger partial charge in [-0.05, 0) is 35.8 Å². The maximum Gasteiger partial charge on any atom is 0.309 e. The molecule has 0 spiro atoms. The summed E-state index contributed by atoms with van der Waals surface area (Å²) in [6.45, 7) is 1.84. The number of hydrogen-bond acceptors (Lipinski definition) is 4. The second kappa shape index (κ2) is 10.2. The number of amides is 3. The van der Waals surface area contributed by atoms with Crippen molar-refractivity contribution in [2.45, 2.75) is 44.7 Å². The third-order valence-corrected chi connectivity index (χ3v) is 6.25. The van der Waals surface area contributed by atoms with E-state index in [0.29, 0.717) is 5.92 Å². The molecule has 29 heavy (non-hydrogen) atoms. The first-order valence-corrected chi connectivity index (χ1v) is 10.9. The molecule has 6 nitrogen and oxygen atoms in total. The van der Waals surface area contributed by atoms with E-state index in [4.69, 9.17) is 0 Å². The minimum atomic E-state index is -0.773. The van der Waals surface area contributed by atoms with E-state index in [1.54, 1.807) is 11.3 Å². The van der Waals surface area contributed by atoms with E-state index in [1.807, 2.05) is 47.8 Å². The molecular formula is C22H27N3O3S. The van der Waals surface area contributed by atoms with Crippen LogP contribution in [0, 0.1) is 5.92 Å². The van der Waals surface area contributed by atoms with Gasteiger partial charge in [-0.25, -0.2) is 0 Å². The first-order valence-electron chi connectivity index (χ1n) is 10.0. The first-order chi connectivity index (χ1) is 14.0. The van der Waals surface area contributed by atoms with Crippen LogP contribution in [0.3, 0.4) is 0 Å². The van der Waals surface area contributed by atoms with Crippen LogP contribution in [0.15, 0.2) is 47.8 Å². The predicted molar refractivity (Wildman–Crippen MR) is 113 cm³/mol. The Balaban J connectivity index is 1.52. The molecule has 1 aliphatic rings. The maximum atomic E-state index is 12.4. The summed E-state index contributed by atoms with van der Waals surface area (Å²) < 4.78 is 0. The monoisotopic (exact) mass is 413 g/mol. The van der Waals surface area contributed by atoms with E-state index in [1.165, 1.54) is 0 Å². The molecule has 1 aliphatic carbocycles. The SMILES string of the molecule is C[C@@H]1CCCC[C@@H]1NC(=O)C(=O)NCC(=O)N[C@@H](c1ccccc1)c1cccs1. The zero-order valence-electron chi connectivity index (χ0n) is 16.5. The zero-order chi connectivity index (χ0) is 20.6. The molecule has 1 heterocycles. The molecule has 3 N–H and O–H groups in total. The van der Waals surface area contributed by atoms with Gasteiger partial charge in [-0.3, -0.25) is 14.4 Å². The van der Waals surface area contributed by atoms with Crippen LogP contribution in [0.5, 0.6) is 0 Å². The Morgan fingerprint density at radius 3 is 2.48 bits per heavy atom. The molecule has 1 fully saturated rings. The first kappa shape index (κ1) is 21.0. The lowest BCUT2D eigenvalue weighted by Gasteiger charge is -2.29. The molecule has 1 saturated carbocycles. The summed E-state index contributed by atoms with van der Waals surface area (Å²) in [5.74, 6) is -1.43. The molecule has 0 saturated heterocycles. The average molecular weight is 414 g/mol. The van der Waals surface area contributed by atoms with Crippen molar-refractivity contribution < 1.29 is 14.4 Å². The Bertz CT molecular complexity index is 823. The van der Waals surface area contributed by atoms with Gasteiger partial charge in [0.25, 0.3) is 0 Å². The smallest absolute Gasteiger partial charge is 0.309 e. The minimum Gasteiger partial charge on any atom is -0.345 e. The van der Waals surface area contributed by atoms with Crippen molar-refractivity contribution in [1.82, 2.24) is 16.0 Å². The zero-order valence-corrected chi connectivity index (χ0v) is 17.3. The van der Waals surface area contributed by atoms with E-state index < -0.39 is 11.8 Å². The third kappa shape index (κ3) is 5.90. The maximum absolute atomic E-state index is 12.4. The normalized spacial score (nSPS) is 19.8. The van der Waals surface area contributed by atoms with Gasteiger partial charge in [0.2, 0.25) is 5.91 Å². The summed E-state index contributed by atoms with van der Waals surface area (Å²) in [6, 6.07) is 13.3. The number of carbonyl (C=O) groups is 3. The van der Waals surface area contributed by atoms with Crippen molar-refractivity contribution in [2.75, 3.05) is 6.54 Å². The van der Waals surface area contributed by atoms with Gasteiger partial charge in [0, 0.05) is 10.9 Å². The van der Waals surface area contributed by atoms with Crippen LogP contribution in [0.1, 0.15) is 49.1 Å². The fourth-order valence-electron chi connectivity index (χ4n) is 3.64. The molecule has 3 amide bonds. The Morgan fingerprint density at radius 1 is 1.03 bits per heavy atom. The summed E-state index contributed by atoms with van der Waals surface area (Å²) in [7, 11) is 0. The van der Waals surface area contributed by atoms with Crippen molar-refractivity contribution in [2.24, 2.45) is 5.92 Å². The lowest BCUT2D eigenvalue weighted by atomic mass is 9.86. The van der Waals surface area contributed by atoms with E-state index in [2.05, 4.69) is 22.9 Å². The molecule has 0 radical (unpaired) electrons. The minimum absolute atomic E-state index is 0.0251. The van der Waals surface area contributed by atoms with Gasteiger partial charge in [0.05, 0.1) is 12.6 Å². The standard InChI is InChI=1S/C22H27N3O3S/c1-15-8-5-6-11-17(15)24-22(28)21(27)23-14-19(26)25-20(18-12-7-13-29-18)16-9-3-2-4-10-16/h2-4,7,9-10,12-13,15,17,20H,5-6,8,11,14H2,1H3,(H,23,27)(H,24,28)(H,25,26)/t15-,17+,20+/m1/s1. The highest BCUT2D eigenvalue weighted by atomic mass is 32.1. The summed E-state index contributed by atoms with van der Waals surface area (Å²) in [4.78, 5) is 37.7. The lowest BCUT2D eigenvalue weighted by Crippen LogP contribution is -2.49. The third-order valence-electron chi connectivity index (χ3n) is 5.31. The van der Waals surface area contributed by atoms with Crippen LogP contribution in [0.25, 0.3) is 0 Å². The van der Waals surface area contributed by atoms with Crippen molar-refractivity contribution in [3.8, 4) is 0 Å². The number of benzene rings is 1. The second-order valence-corrected chi connectivity index (χ2v) is 8.43. The molecule has 2 aromatic rings. The van der Waals surface area contributed by atoms with E-state index in [-0.39, 0.29) is 24.5 Å². The molecule has 0 aliphatic heterocycles. The summed E-state index contributed by atoms with van der Waals surface area (Å²) in [5, 5.41) is 10.1. The molecule has 0 unspecified atom stereocenters. The van der Waals surface area contributed by atoms with Crippen molar-refractivity contribution in [3.63, 3.8) is 0 Å². The van der Waals surface area contributed by atoms with Gasteiger partial charge >= 0.3 is 11.8 Å². The van der Waals surface area contributed by atoms with Crippen molar-refractivity contribution in [3.05, 3.63) is 58.3 Å². The van der Waals surface area contributed by atoms with Crippen LogP contribution >= 0.6 is 11.3 Å². The molecule has 3 atom stereocenters. The molecule has 3 rings (SSSR count). The largest absolute Gasteiger partial charge is 0.345 e. The Morgan fingerprint density at radius 2 is 1.79 bits per heavy atom. The van der Waals surface area contributed by atoms with Gasteiger partial charge in [-0.1, -0.05) is 56.2 Å². The molecular weight excluding hydrogens is 386 g/mol. The Labute approximate surface area is 175 Å². The average Bonchev–Trinajstić information content (AvgIpc) is 3.27. The number of hydrogen-bond donors (Lipinski definition) is 3. The number of rotatable bonds is 6. The van der Waals surface area contributed by atoms with Gasteiger partial charge in [-0.2, -0.15) is 0 Å². The summed E-state index contributed by atoms with van der Waals surface area (Å²) >= 11 is 1.55. The highest BCUT2D eigenvalue weighted by molar-refractivity contribution is 7.10. The summed E-state index contributed by atoms with van der Waals surface area (Å²) in [6.07, 6.45) is 4.16. The van der Waals surface area contributed by atoms with Crippen LogP contribution < -0.4 is 16.0 Å². The molecule has 7 heteroatoms. The molecule has 1 aromatic heterocycles. The van der Waals surface area contributed by atoms with Gasteiger partial charge in [0.15, 0.2) is 0 Å². The quantitative estimate of drug-likeness (QED) is 0.637. The fourth-order valence-corrected chi connectivity index (χ4v) is 4.44. The van der Waals surface area contributed by atoms with E-state index >= 15 is 0 Å². The van der Waals surface area contributed by atoms with Gasteiger partial charge in [0.1, 0.15) is 0 Å². The number of nitrogens with one attached hydrogen (secondary N) is 3. The van der Waals surface area contributed by atoms with Gasteiger partial charge in [-0.15, -0.1) is 11.3 Å². The topological polar surface area (TPSA) is 87.3 Å². The highest BCUT2D eigenvalue weighted by Crippen LogP contribution is 2.26. The van der Waals surface area contributed by atoms with Crippen LogP contribution in [0.2, 0.25) is 0 Å². The number of carbonyl (C=O) groups excluding carboxylic acids is 3. The molecule has 0 bridgehead atoms. The Hall–Kier alpha value is -2.67. The fraction of sp³-hybridized carbons (Fsp3) is 0.409.